The lowest BCUT2D eigenvalue weighted by Crippen LogP contribution is -2.37. The molecule has 2 aromatic carbocycles. The van der Waals surface area contributed by atoms with E-state index in [9.17, 15) is 36.2 Å². The summed E-state index contributed by atoms with van der Waals surface area (Å²) in [7, 11) is 0. The number of rotatable bonds is 7. The SMILES string of the molecule is Cc1ccccc1-n1nc(Cn2nc(-c3ccc(Cl)cc3)n(C[C@H](O)C(F)(F)F)c2=O)nc1C(C)N.O=C(O)C(F)(F)F. The van der Waals surface area contributed by atoms with Gasteiger partial charge in [-0.3, -0.25) is 4.57 Å². The minimum Gasteiger partial charge on any atom is -0.475 e. The molecule has 2 atom stereocenters. The molecule has 4 aromatic rings. The summed E-state index contributed by atoms with van der Waals surface area (Å²) >= 11 is 5.92. The van der Waals surface area contributed by atoms with E-state index in [1.165, 1.54) is 24.3 Å². The van der Waals surface area contributed by atoms with E-state index in [2.05, 4.69) is 15.2 Å². The molecule has 232 valence electrons. The van der Waals surface area contributed by atoms with Crippen LogP contribution in [0.5, 0.6) is 0 Å². The second kappa shape index (κ2) is 13.0. The molecule has 0 aliphatic rings. The molecule has 0 bridgehead atoms. The highest BCUT2D eigenvalue weighted by molar-refractivity contribution is 6.30. The highest BCUT2D eigenvalue weighted by Crippen LogP contribution is 2.24. The molecule has 1 unspecified atom stereocenters. The van der Waals surface area contributed by atoms with Crippen molar-refractivity contribution in [3.05, 3.63) is 81.3 Å². The van der Waals surface area contributed by atoms with Crippen LogP contribution in [0.15, 0.2) is 53.3 Å². The van der Waals surface area contributed by atoms with Gasteiger partial charge in [0, 0.05) is 10.6 Å². The summed E-state index contributed by atoms with van der Waals surface area (Å²) in [5.74, 6) is -2.19. The first-order valence-corrected chi connectivity index (χ1v) is 12.5. The van der Waals surface area contributed by atoms with Crippen molar-refractivity contribution in [2.24, 2.45) is 5.73 Å². The summed E-state index contributed by atoms with van der Waals surface area (Å²) in [5, 5.41) is 25.9. The predicted octanol–water partition coefficient (Wildman–Crippen LogP) is 3.88. The van der Waals surface area contributed by atoms with Crippen molar-refractivity contribution in [1.82, 2.24) is 29.1 Å². The summed E-state index contributed by atoms with van der Waals surface area (Å²) in [6.07, 6.45) is -12.8. The van der Waals surface area contributed by atoms with E-state index in [4.69, 9.17) is 27.2 Å². The zero-order valence-electron chi connectivity index (χ0n) is 22.3. The Morgan fingerprint density at radius 3 is 2.14 bits per heavy atom. The molecule has 18 heteroatoms. The number of carboxylic acid groups (broad SMARTS) is 1. The monoisotopic (exact) mass is 635 g/mol. The van der Waals surface area contributed by atoms with Crippen molar-refractivity contribution in [1.29, 1.82) is 0 Å². The van der Waals surface area contributed by atoms with Crippen molar-refractivity contribution in [3.8, 4) is 17.1 Å². The molecule has 0 saturated carbocycles. The third kappa shape index (κ3) is 8.20. The number of para-hydroxylation sites is 1. The number of aromatic nitrogens is 6. The number of nitrogens with zero attached hydrogens (tertiary/aromatic N) is 6. The van der Waals surface area contributed by atoms with Crippen molar-refractivity contribution in [3.63, 3.8) is 0 Å². The molecule has 43 heavy (non-hydrogen) atoms. The Balaban J connectivity index is 0.000000646. The summed E-state index contributed by atoms with van der Waals surface area (Å²) in [4.78, 5) is 26.5. The first-order chi connectivity index (χ1) is 19.9. The van der Waals surface area contributed by atoms with Crippen LogP contribution in [0.1, 0.15) is 30.2 Å². The topological polar surface area (TPSA) is 154 Å². The summed E-state index contributed by atoms with van der Waals surface area (Å²) < 4.78 is 74.3. The quantitative estimate of drug-likeness (QED) is 0.259. The summed E-state index contributed by atoms with van der Waals surface area (Å²) in [6.45, 7) is 2.38. The molecule has 0 fully saturated rings. The molecule has 0 radical (unpaired) electrons. The minimum absolute atomic E-state index is 0.0641. The summed E-state index contributed by atoms with van der Waals surface area (Å²) in [5.41, 5.74) is 7.24. The standard InChI is InChI=1S/C23H23ClF3N7O2.C2HF3O2/c1-13-5-3-4-6-17(13)34-20(14(2)28)29-19(30-34)12-33-22(36)32(11-18(35)23(25,26)27)21(31-33)15-7-9-16(24)10-8-15;3-2(4,5)1(6)7/h3-10,14,18,35H,11-12,28H2,1-2H3;(H,6,7)/t14?,18-;/m0./s1. The van der Waals surface area contributed by atoms with Gasteiger partial charge in [-0.25, -0.2) is 23.9 Å². The minimum atomic E-state index is -5.08. The lowest BCUT2D eigenvalue weighted by atomic mass is 10.2. The predicted molar refractivity (Wildman–Crippen MR) is 140 cm³/mol. The van der Waals surface area contributed by atoms with Gasteiger partial charge >= 0.3 is 24.0 Å². The van der Waals surface area contributed by atoms with Crippen LogP contribution in [-0.2, 0) is 17.9 Å². The highest BCUT2D eigenvalue weighted by atomic mass is 35.5. The fraction of sp³-hybridized carbons (Fsp3) is 0.320. The Labute approximate surface area is 243 Å². The number of alkyl halides is 6. The van der Waals surface area contributed by atoms with E-state index in [1.807, 2.05) is 31.2 Å². The number of hydrogen-bond donors (Lipinski definition) is 3. The number of halogens is 7. The number of carboxylic acids is 1. The zero-order chi connectivity index (χ0) is 32.3. The van der Waals surface area contributed by atoms with Gasteiger partial charge in [-0.2, -0.15) is 26.3 Å². The van der Waals surface area contributed by atoms with Crippen LogP contribution in [0.2, 0.25) is 5.02 Å². The summed E-state index contributed by atoms with van der Waals surface area (Å²) in [6, 6.07) is 13.0. The molecule has 4 rings (SSSR count). The molecule has 2 aromatic heterocycles. The number of hydrogen-bond acceptors (Lipinski definition) is 7. The highest BCUT2D eigenvalue weighted by Gasteiger charge is 2.39. The van der Waals surface area contributed by atoms with E-state index in [-0.39, 0.29) is 18.2 Å². The first kappa shape index (κ1) is 33.3. The molecule has 0 aliphatic carbocycles. The molecular weight excluding hydrogens is 612 g/mol. The average Bonchev–Trinajstić information content (AvgIpc) is 3.46. The lowest BCUT2D eigenvalue weighted by molar-refractivity contribution is -0.207. The van der Waals surface area contributed by atoms with Crippen molar-refractivity contribution >= 4 is 17.6 Å². The smallest absolute Gasteiger partial charge is 0.475 e. The maximum atomic E-state index is 13.1. The Hall–Kier alpha value is -4.22. The van der Waals surface area contributed by atoms with Crippen LogP contribution in [-0.4, -0.2) is 63.8 Å². The van der Waals surface area contributed by atoms with E-state index in [1.54, 1.807) is 11.6 Å². The molecule has 2 heterocycles. The zero-order valence-corrected chi connectivity index (χ0v) is 23.1. The molecule has 0 aliphatic heterocycles. The van der Waals surface area contributed by atoms with Crippen molar-refractivity contribution in [2.75, 3.05) is 0 Å². The number of benzene rings is 2. The van der Waals surface area contributed by atoms with Gasteiger partial charge in [0.25, 0.3) is 0 Å². The normalized spacial score (nSPS) is 13.3. The van der Waals surface area contributed by atoms with Gasteiger partial charge in [0.05, 0.1) is 18.3 Å². The number of aliphatic hydroxyl groups is 1. The first-order valence-electron chi connectivity index (χ1n) is 12.2. The Morgan fingerprint density at radius 1 is 1.05 bits per heavy atom. The largest absolute Gasteiger partial charge is 0.490 e. The number of aliphatic carboxylic acids is 1. The van der Waals surface area contributed by atoms with E-state index >= 15 is 0 Å². The van der Waals surface area contributed by atoms with Crippen LogP contribution in [0.4, 0.5) is 26.3 Å². The lowest BCUT2D eigenvalue weighted by Gasteiger charge is -2.15. The number of aryl methyl sites for hydroxylation is 1. The second-order valence-electron chi connectivity index (χ2n) is 9.11. The number of aliphatic hydroxyl groups excluding tert-OH is 1. The van der Waals surface area contributed by atoms with E-state index < -0.39 is 42.7 Å². The van der Waals surface area contributed by atoms with Crippen molar-refractivity contribution in [2.45, 2.75) is 51.4 Å². The van der Waals surface area contributed by atoms with E-state index in [0.29, 0.717) is 16.4 Å². The van der Waals surface area contributed by atoms with Gasteiger partial charge in [0.1, 0.15) is 12.4 Å². The van der Waals surface area contributed by atoms with Crippen molar-refractivity contribution < 1.29 is 41.4 Å². The fourth-order valence-electron chi connectivity index (χ4n) is 3.64. The van der Waals surface area contributed by atoms with Crippen LogP contribution < -0.4 is 11.4 Å². The van der Waals surface area contributed by atoms with Gasteiger partial charge in [-0.05, 0) is 49.7 Å². The third-order valence-corrected chi connectivity index (χ3v) is 5.97. The van der Waals surface area contributed by atoms with Crippen LogP contribution in [0, 0.1) is 6.92 Å². The molecule has 0 amide bonds. The van der Waals surface area contributed by atoms with Gasteiger partial charge in [-0.15, -0.1) is 10.2 Å². The Bertz CT molecular complexity index is 1630. The number of nitrogens with two attached hydrogens (primary N) is 1. The Kier molecular flexibility index (Phi) is 10.0. The molecule has 0 saturated heterocycles. The van der Waals surface area contributed by atoms with E-state index in [0.717, 1.165) is 20.5 Å². The maximum absolute atomic E-state index is 13.1. The molecule has 11 nitrogen and oxygen atoms in total. The molecule has 0 spiro atoms. The van der Waals surface area contributed by atoms with Crippen LogP contribution in [0.3, 0.4) is 0 Å². The van der Waals surface area contributed by atoms with Gasteiger partial charge in [-0.1, -0.05) is 29.8 Å². The van der Waals surface area contributed by atoms with Crippen LogP contribution in [0.25, 0.3) is 17.1 Å². The van der Waals surface area contributed by atoms with Crippen LogP contribution >= 0.6 is 11.6 Å². The second-order valence-corrected chi connectivity index (χ2v) is 9.55. The molecular formula is C25H24ClF6N7O4. The fourth-order valence-corrected chi connectivity index (χ4v) is 3.77. The van der Waals surface area contributed by atoms with Gasteiger partial charge in [0.2, 0.25) is 0 Å². The third-order valence-electron chi connectivity index (χ3n) is 5.72. The maximum Gasteiger partial charge on any atom is 0.490 e. The number of carbonyl (C=O) groups is 1. The van der Waals surface area contributed by atoms with Gasteiger partial charge in [0.15, 0.2) is 17.8 Å². The molecule has 4 N–H and O–H groups in total. The Morgan fingerprint density at radius 2 is 1.63 bits per heavy atom. The van der Waals surface area contributed by atoms with Gasteiger partial charge < -0.3 is 15.9 Å². The average molecular weight is 636 g/mol.